The second-order valence-corrected chi connectivity index (χ2v) is 5.98. The average Bonchev–Trinajstić information content (AvgIpc) is 2.56. The maximum atomic E-state index is 12.2. The Morgan fingerprint density at radius 2 is 1.62 bits per heavy atom. The molecule has 0 aromatic carbocycles. The smallest absolute Gasteiger partial charge is 0.309 e. The first-order valence-electron chi connectivity index (χ1n) is 8.71. The van der Waals surface area contributed by atoms with Gasteiger partial charge in [0.05, 0.1) is 25.6 Å². The molecular formula is C18H32O6. The molecule has 0 bridgehead atoms. The summed E-state index contributed by atoms with van der Waals surface area (Å²) in [6.45, 7) is 4.73. The SMILES string of the molecule is CC/C=C/CCCCC(CC(=O)OC(C)CO)C(=O)OC(C)CO. The van der Waals surface area contributed by atoms with Crippen LogP contribution < -0.4 is 0 Å². The predicted octanol–water partition coefficient (Wildman–Crippen LogP) is 2.37. The first kappa shape index (κ1) is 22.6. The van der Waals surface area contributed by atoms with E-state index < -0.39 is 30.1 Å². The molecule has 0 aromatic rings. The topological polar surface area (TPSA) is 93.1 Å². The summed E-state index contributed by atoms with van der Waals surface area (Å²) < 4.78 is 10.1. The summed E-state index contributed by atoms with van der Waals surface area (Å²) in [5.74, 6) is -1.61. The van der Waals surface area contributed by atoms with E-state index in [0.29, 0.717) is 6.42 Å². The predicted molar refractivity (Wildman–Crippen MR) is 91.3 cm³/mol. The number of unbranched alkanes of at least 4 members (excludes halogenated alkanes) is 2. The lowest BCUT2D eigenvalue weighted by Crippen LogP contribution is -2.28. The summed E-state index contributed by atoms with van der Waals surface area (Å²) in [5, 5.41) is 17.9. The Labute approximate surface area is 144 Å². The Kier molecular flexibility index (Phi) is 13.2. The zero-order valence-corrected chi connectivity index (χ0v) is 15.1. The zero-order valence-electron chi connectivity index (χ0n) is 15.1. The summed E-state index contributed by atoms with van der Waals surface area (Å²) in [6, 6.07) is 0. The van der Waals surface area contributed by atoms with E-state index in [4.69, 9.17) is 19.7 Å². The van der Waals surface area contributed by atoms with E-state index in [2.05, 4.69) is 19.1 Å². The van der Waals surface area contributed by atoms with E-state index in [1.165, 1.54) is 0 Å². The van der Waals surface area contributed by atoms with Gasteiger partial charge in [0.25, 0.3) is 0 Å². The van der Waals surface area contributed by atoms with Crippen molar-refractivity contribution in [3.63, 3.8) is 0 Å². The van der Waals surface area contributed by atoms with Crippen molar-refractivity contribution >= 4 is 11.9 Å². The molecule has 0 radical (unpaired) electrons. The van der Waals surface area contributed by atoms with Gasteiger partial charge in [0.2, 0.25) is 0 Å². The summed E-state index contributed by atoms with van der Waals surface area (Å²) >= 11 is 0. The number of esters is 2. The van der Waals surface area contributed by atoms with Crippen LogP contribution in [0.25, 0.3) is 0 Å². The number of hydrogen-bond donors (Lipinski definition) is 2. The fourth-order valence-corrected chi connectivity index (χ4v) is 2.08. The van der Waals surface area contributed by atoms with Crippen LogP contribution >= 0.6 is 0 Å². The number of rotatable bonds is 13. The Morgan fingerprint density at radius 1 is 1.00 bits per heavy atom. The van der Waals surface area contributed by atoms with Gasteiger partial charge in [0, 0.05) is 0 Å². The largest absolute Gasteiger partial charge is 0.460 e. The van der Waals surface area contributed by atoms with E-state index in [1.54, 1.807) is 13.8 Å². The van der Waals surface area contributed by atoms with Crippen molar-refractivity contribution in [1.82, 2.24) is 0 Å². The van der Waals surface area contributed by atoms with Crippen LogP contribution in [0.2, 0.25) is 0 Å². The number of allylic oxidation sites excluding steroid dienone is 2. The van der Waals surface area contributed by atoms with Gasteiger partial charge in [-0.25, -0.2) is 0 Å². The molecule has 2 N–H and O–H groups in total. The lowest BCUT2D eigenvalue weighted by atomic mass is 9.97. The highest BCUT2D eigenvalue weighted by Gasteiger charge is 2.26. The second-order valence-electron chi connectivity index (χ2n) is 5.98. The fraction of sp³-hybridized carbons (Fsp3) is 0.778. The van der Waals surface area contributed by atoms with Crippen molar-refractivity contribution < 1.29 is 29.3 Å². The van der Waals surface area contributed by atoms with Crippen molar-refractivity contribution in [2.24, 2.45) is 5.92 Å². The molecule has 3 atom stereocenters. The van der Waals surface area contributed by atoms with Crippen LogP contribution in [0.1, 0.15) is 59.3 Å². The number of aliphatic hydroxyl groups excluding tert-OH is 2. The van der Waals surface area contributed by atoms with E-state index in [9.17, 15) is 9.59 Å². The third kappa shape index (κ3) is 11.2. The van der Waals surface area contributed by atoms with E-state index in [0.717, 1.165) is 25.7 Å². The molecule has 0 saturated heterocycles. The lowest BCUT2D eigenvalue weighted by molar-refractivity contribution is -0.162. The molecule has 3 unspecified atom stereocenters. The van der Waals surface area contributed by atoms with Crippen LogP contribution in [-0.2, 0) is 19.1 Å². The highest BCUT2D eigenvalue weighted by molar-refractivity contribution is 5.80. The van der Waals surface area contributed by atoms with Crippen LogP contribution in [-0.4, -0.2) is 47.6 Å². The van der Waals surface area contributed by atoms with Gasteiger partial charge in [-0.1, -0.05) is 25.5 Å². The normalized spacial score (nSPS) is 15.0. The quantitative estimate of drug-likeness (QED) is 0.303. The number of aliphatic hydroxyl groups is 2. The zero-order chi connectivity index (χ0) is 18.4. The average molecular weight is 344 g/mol. The van der Waals surface area contributed by atoms with Crippen molar-refractivity contribution in [2.45, 2.75) is 71.5 Å². The molecule has 0 fully saturated rings. The number of ether oxygens (including phenoxy) is 2. The van der Waals surface area contributed by atoms with Crippen molar-refractivity contribution in [3.05, 3.63) is 12.2 Å². The standard InChI is InChI=1S/C18H32O6/c1-4-5-6-7-8-9-10-16(18(22)24-15(3)13-20)11-17(21)23-14(2)12-19/h5-6,14-16,19-20H,4,7-13H2,1-3H3/b6-5+. The van der Waals surface area contributed by atoms with Gasteiger partial charge >= 0.3 is 11.9 Å². The van der Waals surface area contributed by atoms with Crippen LogP contribution in [0.15, 0.2) is 12.2 Å². The Bertz CT molecular complexity index is 380. The van der Waals surface area contributed by atoms with Gasteiger partial charge in [-0.2, -0.15) is 0 Å². The van der Waals surface area contributed by atoms with Gasteiger partial charge in [-0.3, -0.25) is 9.59 Å². The molecule has 0 spiro atoms. The molecule has 0 saturated carbocycles. The number of hydrogen-bond acceptors (Lipinski definition) is 6. The molecular weight excluding hydrogens is 312 g/mol. The monoisotopic (exact) mass is 344 g/mol. The van der Waals surface area contributed by atoms with Crippen LogP contribution in [0.5, 0.6) is 0 Å². The summed E-state index contributed by atoms with van der Waals surface area (Å²) in [6.07, 6.45) is 7.14. The number of carbonyl (C=O) groups excluding carboxylic acids is 2. The Hall–Kier alpha value is -1.40. The summed E-state index contributed by atoms with van der Waals surface area (Å²) in [5.41, 5.74) is 0. The Balaban J connectivity index is 4.50. The molecule has 0 rings (SSSR count). The highest BCUT2D eigenvalue weighted by Crippen LogP contribution is 2.18. The first-order valence-corrected chi connectivity index (χ1v) is 8.71. The molecule has 6 heteroatoms. The third-order valence-electron chi connectivity index (χ3n) is 3.49. The maximum Gasteiger partial charge on any atom is 0.309 e. The van der Waals surface area contributed by atoms with Crippen LogP contribution in [0.3, 0.4) is 0 Å². The number of carbonyl (C=O) groups is 2. The van der Waals surface area contributed by atoms with Gasteiger partial charge in [-0.15, -0.1) is 0 Å². The minimum Gasteiger partial charge on any atom is -0.460 e. The van der Waals surface area contributed by atoms with Crippen LogP contribution in [0, 0.1) is 5.92 Å². The minimum absolute atomic E-state index is 0.0773. The van der Waals surface area contributed by atoms with Gasteiger partial charge in [0.1, 0.15) is 12.2 Å². The van der Waals surface area contributed by atoms with Gasteiger partial charge in [0.15, 0.2) is 0 Å². The summed E-state index contributed by atoms with van der Waals surface area (Å²) in [4.78, 5) is 24.0. The van der Waals surface area contributed by atoms with Gasteiger partial charge in [-0.05, 0) is 39.5 Å². The van der Waals surface area contributed by atoms with Crippen molar-refractivity contribution in [1.29, 1.82) is 0 Å². The van der Waals surface area contributed by atoms with Crippen molar-refractivity contribution in [3.8, 4) is 0 Å². The van der Waals surface area contributed by atoms with E-state index in [-0.39, 0.29) is 19.6 Å². The first-order chi connectivity index (χ1) is 11.4. The molecule has 0 aliphatic rings. The molecule has 0 aliphatic heterocycles. The van der Waals surface area contributed by atoms with E-state index >= 15 is 0 Å². The van der Waals surface area contributed by atoms with E-state index in [1.807, 2.05) is 0 Å². The van der Waals surface area contributed by atoms with Gasteiger partial charge < -0.3 is 19.7 Å². The van der Waals surface area contributed by atoms with Crippen LogP contribution in [0.4, 0.5) is 0 Å². The third-order valence-corrected chi connectivity index (χ3v) is 3.49. The lowest BCUT2D eigenvalue weighted by Gasteiger charge is -2.19. The highest BCUT2D eigenvalue weighted by atomic mass is 16.6. The molecule has 6 nitrogen and oxygen atoms in total. The molecule has 0 heterocycles. The Morgan fingerprint density at radius 3 is 2.21 bits per heavy atom. The van der Waals surface area contributed by atoms with Crippen molar-refractivity contribution in [2.75, 3.05) is 13.2 Å². The maximum absolute atomic E-state index is 12.2. The molecule has 140 valence electrons. The second kappa shape index (κ2) is 14.0. The molecule has 0 amide bonds. The molecule has 24 heavy (non-hydrogen) atoms. The summed E-state index contributed by atoms with van der Waals surface area (Å²) in [7, 11) is 0. The fourth-order valence-electron chi connectivity index (χ4n) is 2.08. The minimum atomic E-state index is -0.597. The molecule has 0 aliphatic carbocycles. The molecule has 0 aromatic heterocycles.